The van der Waals surface area contributed by atoms with E-state index in [1.165, 1.54) is 6.07 Å². The molecule has 1 fully saturated rings. The number of ether oxygens (including phenoxy) is 1. The zero-order valence-corrected chi connectivity index (χ0v) is 11.8. The summed E-state index contributed by atoms with van der Waals surface area (Å²) in [7, 11) is 0. The fourth-order valence-corrected chi connectivity index (χ4v) is 2.80. The van der Waals surface area contributed by atoms with Gasteiger partial charge in [-0.1, -0.05) is 31.0 Å². The van der Waals surface area contributed by atoms with Crippen molar-refractivity contribution in [3.8, 4) is 5.75 Å². The summed E-state index contributed by atoms with van der Waals surface area (Å²) in [6.07, 6.45) is 3.56. The highest BCUT2D eigenvalue weighted by molar-refractivity contribution is 5.83. The number of carbonyl (C=O) groups excluding carboxylic acids is 1. The summed E-state index contributed by atoms with van der Waals surface area (Å²) in [6.45, 7) is -2.41. The van der Waals surface area contributed by atoms with Crippen LogP contribution in [0.5, 0.6) is 5.75 Å². The Morgan fingerprint density at radius 1 is 1.33 bits per heavy atom. The molecule has 0 bridgehead atoms. The van der Waals surface area contributed by atoms with Gasteiger partial charge in [0.15, 0.2) is 0 Å². The molecule has 3 N–H and O–H groups in total. The molecule has 21 heavy (non-hydrogen) atoms. The minimum Gasteiger partial charge on any atom is -0.434 e. The summed E-state index contributed by atoms with van der Waals surface area (Å²) < 4.78 is 29.1. The van der Waals surface area contributed by atoms with E-state index in [9.17, 15) is 13.6 Å². The zero-order valence-electron chi connectivity index (χ0n) is 11.8. The summed E-state index contributed by atoms with van der Waals surface area (Å²) in [5, 5.41) is 2.80. The van der Waals surface area contributed by atoms with E-state index < -0.39 is 12.0 Å². The minimum absolute atomic E-state index is 0.0843. The Balaban J connectivity index is 2.01. The average molecular weight is 298 g/mol. The number of carbonyl (C=O) groups is 1. The maximum absolute atomic E-state index is 12.3. The summed E-state index contributed by atoms with van der Waals surface area (Å²) >= 11 is 0. The molecule has 2 rings (SSSR count). The molecule has 4 nitrogen and oxygen atoms in total. The summed E-state index contributed by atoms with van der Waals surface area (Å²) in [4.78, 5) is 12.3. The van der Waals surface area contributed by atoms with E-state index >= 15 is 0 Å². The molecule has 1 amide bonds. The molecule has 0 atom stereocenters. The van der Waals surface area contributed by atoms with Gasteiger partial charge < -0.3 is 15.8 Å². The number of halogens is 2. The molecule has 0 radical (unpaired) electrons. The van der Waals surface area contributed by atoms with Gasteiger partial charge in [-0.15, -0.1) is 0 Å². The summed E-state index contributed by atoms with van der Waals surface area (Å²) in [5.74, 6) is -0.0182. The number of hydrogen-bond acceptors (Lipinski definition) is 3. The first kappa shape index (κ1) is 15.7. The third kappa shape index (κ3) is 3.69. The van der Waals surface area contributed by atoms with Crippen LogP contribution in [0.1, 0.15) is 31.2 Å². The van der Waals surface area contributed by atoms with E-state index in [2.05, 4.69) is 10.1 Å². The molecule has 1 aliphatic rings. The number of amides is 1. The minimum atomic E-state index is -2.88. The molecule has 116 valence electrons. The first-order chi connectivity index (χ1) is 10.1. The Bertz CT molecular complexity index is 488. The van der Waals surface area contributed by atoms with Gasteiger partial charge >= 0.3 is 6.61 Å². The highest BCUT2D eigenvalue weighted by Crippen LogP contribution is 2.37. The number of hydrogen-bond donors (Lipinski definition) is 2. The van der Waals surface area contributed by atoms with Crippen molar-refractivity contribution in [3.05, 3.63) is 29.8 Å². The van der Waals surface area contributed by atoms with Gasteiger partial charge in [-0.05, 0) is 18.9 Å². The monoisotopic (exact) mass is 298 g/mol. The second-order valence-corrected chi connectivity index (χ2v) is 5.36. The van der Waals surface area contributed by atoms with Crippen molar-refractivity contribution in [2.75, 3.05) is 6.54 Å². The molecule has 0 aliphatic heterocycles. The molecule has 1 aliphatic carbocycles. The van der Waals surface area contributed by atoms with Crippen LogP contribution in [0.2, 0.25) is 0 Å². The van der Waals surface area contributed by atoms with Crippen molar-refractivity contribution >= 4 is 5.91 Å². The topological polar surface area (TPSA) is 64.4 Å². The number of nitrogens with two attached hydrogens (primary N) is 1. The van der Waals surface area contributed by atoms with Crippen LogP contribution >= 0.6 is 0 Å². The smallest absolute Gasteiger partial charge is 0.387 e. The van der Waals surface area contributed by atoms with E-state index in [1.807, 2.05) is 0 Å². The number of benzene rings is 1. The fraction of sp³-hybridized carbons (Fsp3) is 0.533. The molecule has 0 spiro atoms. The largest absolute Gasteiger partial charge is 0.434 e. The lowest BCUT2D eigenvalue weighted by Gasteiger charge is -2.26. The van der Waals surface area contributed by atoms with Gasteiger partial charge in [0.25, 0.3) is 0 Å². The predicted molar refractivity (Wildman–Crippen MR) is 74.9 cm³/mol. The predicted octanol–water partition coefficient (Wildman–Crippen LogP) is 2.42. The van der Waals surface area contributed by atoms with Crippen molar-refractivity contribution in [1.82, 2.24) is 5.32 Å². The van der Waals surface area contributed by atoms with Crippen LogP contribution in [0.15, 0.2) is 24.3 Å². The average Bonchev–Trinajstić information content (AvgIpc) is 2.95. The molecule has 0 heterocycles. The van der Waals surface area contributed by atoms with Gasteiger partial charge in [-0.2, -0.15) is 8.78 Å². The third-order valence-corrected chi connectivity index (χ3v) is 4.06. The Morgan fingerprint density at radius 2 is 2.00 bits per heavy atom. The first-order valence-electron chi connectivity index (χ1n) is 7.08. The molecule has 0 unspecified atom stereocenters. The van der Waals surface area contributed by atoms with Crippen LogP contribution in [-0.4, -0.2) is 19.1 Å². The second kappa shape index (κ2) is 6.85. The fourth-order valence-electron chi connectivity index (χ4n) is 2.80. The molecule has 0 aromatic heterocycles. The van der Waals surface area contributed by atoms with Crippen LogP contribution in [-0.2, 0) is 11.3 Å². The summed E-state index contributed by atoms with van der Waals surface area (Å²) in [6, 6.07) is 6.44. The molecule has 1 saturated carbocycles. The Kier molecular flexibility index (Phi) is 5.12. The van der Waals surface area contributed by atoms with Gasteiger partial charge in [0.2, 0.25) is 5.91 Å². The lowest BCUT2D eigenvalue weighted by molar-refractivity contribution is -0.130. The van der Waals surface area contributed by atoms with Gasteiger partial charge in [0.1, 0.15) is 5.75 Å². The molecular weight excluding hydrogens is 278 g/mol. The maximum Gasteiger partial charge on any atom is 0.387 e. The van der Waals surface area contributed by atoms with E-state index in [4.69, 9.17) is 5.73 Å². The number of para-hydroxylation sites is 1. The molecule has 6 heteroatoms. The van der Waals surface area contributed by atoms with E-state index in [0.717, 1.165) is 25.7 Å². The van der Waals surface area contributed by atoms with Crippen LogP contribution in [0.3, 0.4) is 0 Å². The van der Waals surface area contributed by atoms with Crippen LogP contribution < -0.4 is 15.8 Å². The van der Waals surface area contributed by atoms with E-state index in [1.54, 1.807) is 18.2 Å². The molecule has 1 aromatic rings. The Morgan fingerprint density at radius 3 is 2.62 bits per heavy atom. The van der Waals surface area contributed by atoms with E-state index in [-0.39, 0.29) is 18.2 Å². The number of nitrogens with one attached hydrogen (secondary N) is 1. The highest BCUT2D eigenvalue weighted by atomic mass is 19.3. The lowest BCUT2D eigenvalue weighted by Crippen LogP contribution is -2.43. The van der Waals surface area contributed by atoms with Gasteiger partial charge in [0, 0.05) is 18.7 Å². The highest BCUT2D eigenvalue weighted by Gasteiger charge is 2.39. The Labute approximate surface area is 122 Å². The third-order valence-electron chi connectivity index (χ3n) is 4.06. The lowest BCUT2D eigenvalue weighted by atomic mass is 9.85. The van der Waals surface area contributed by atoms with Crippen molar-refractivity contribution in [2.24, 2.45) is 11.1 Å². The van der Waals surface area contributed by atoms with Crippen molar-refractivity contribution in [2.45, 2.75) is 38.8 Å². The first-order valence-corrected chi connectivity index (χ1v) is 7.08. The number of alkyl halides is 2. The van der Waals surface area contributed by atoms with Crippen molar-refractivity contribution in [3.63, 3.8) is 0 Å². The van der Waals surface area contributed by atoms with Crippen molar-refractivity contribution < 1.29 is 18.3 Å². The standard InChI is InChI=1S/C15H20F2N2O2/c16-14(17)21-12-6-2-1-5-11(12)9-19-13(20)15(10-18)7-3-4-8-15/h1-2,5-6,14H,3-4,7-10,18H2,(H,19,20). The van der Waals surface area contributed by atoms with E-state index in [0.29, 0.717) is 12.1 Å². The summed E-state index contributed by atoms with van der Waals surface area (Å²) in [5.41, 5.74) is 5.77. The van der Waals surface area contributed by atoms with Crippen molar-refractivity contribution in [1.29, 1.82) is 0 Å². The number of rotatable bonds is 6. The molecule has 0 saturated heterocycles. The Hall–Kier alpha value is -1.69. The SMILES string of the molecule is NCC1(C(=O)NCc2ccccc2OC(F)F)CCCC1. The normalized spacial score (nSPS) is 17.0. The van der Waals surface area contributed by atoms with Crippen LogP contribution in [0, 0.1) is 5.41 Å². The van der Waals surface area contributed by atoms with Gasteiger partial charge in [-0.3, -0.25) is 4.79 Å². The second-order valence-electron chi connectivity index (χ2n) is 5.36. The molecular formula is C15H20F2N2O2. The maximum atomic E-state index is 12.3. The van der Waals surface area contributed by atoms with Crippen LogP contribution in [0.25, 0.3) is 0 Å². The van der Waals surface area contributed by atoms with Gasteiger partial charge in [-0.25, -0.2) is 0 Å². The van der Waals surface area contributed by atoms with Gasteiger partial charge in [0.05, 0.1) is 5.41 Å². The van der Waals surface area contributed by atoms with Crippen LogP contribution in [0.4, 0.5) is 8.78 Å². The molecule has 1 aromatic carbocycles. The zero-order chi connectivity index (χ0) is 15.3. The quantitative estimate of drug-likeness (QED) is 0.847.